The Morgan fingerprint density at radius 3 is 2.06 bits per heavy atom. The molecule has 0 spiro atoms. The van der Waals surface area contributed by atoms with E-state index in [9.17, 15) is 34.6 Å². The lowest BCUT2D eigenvalue weighted by Gasteiger charge is -2.31. The molecule has 2 aromatic rings. The van der Waals surface area contributed by atoms with Crippen molar-refractivity contribution in [2.24, 2.45) is 23.7 Å². The number of hydrogen-bond donors (Lipinski definition) is 0. The molecule has 2 aromatic carbocycles. The van der Waals surface area contributed by atoms with Crippen molar-refractivity contribution >= 4 is 29.1 Å². The minimum absolute atomic E-state index is 0.0447. The summed E-state index contributed by atoms with van der Waals surface area (Å²) in [6.45, 7) is -0.203. The number of benzene rings is 2. The molecule has 1 heterocycles. The summed E-state index contributed by atoms with van der Waals surface area (Å²) in [6.07, 6.45) is 2.58. The Labute approximate surface area is 193 Å². The Balaban J connectivity index is 1.52. The van der Waals surface area contributed by atoms with Crippen LogP contribution in [0.4, 0.5) is 11.4 Å². The number of imide groups is 1. The van der Waals surface area contributed by atoms with E-state index in [1.165, 1.54) is 42.5 Å². The molecule has 3 amide bonds. The molecule has 2 bridgehead atoms. The zero-order valence-corrected chi connectivity index (χ0v) is 17.9. The smallest absolute Gasteiger partial charge is 0.272 e. The zero-order valence-electron chi connectivity index (χ0n) is 17.9. The van der Waals surface area contributed by atoms with E-state index >= 15 is 0 Å². The normalized spacial score (nSPS) is 24.9. The quantitative estimate of drug-likeness (QED) is 0.363. The first kappa shape index (κ1) is 21.7. The molecule has 0 N–H and O–H groups in total. The van der Waals surface area contributed by atoms with Gasteiger partial charge < -0.3 is 0 Å². The second-order valence-corrected chi connectivity index (χ2v) is 8.97. The van der Waals surface area contributed by atoms with Crippen molar-refractivity contribution < 1.29 is 24.2 Å². The lowest BCUT2D eigenvalue weighted by molar-refractivity contribution is -0.385. The number of nitrogens with zero attached hydrogens (tertiary/aromatic N) is 4. The van der Waals surface area contributed by atoms with E-state index in [-0.39, 0.29) is 35.3 Å². The number of hydrogen-bond acceptors (Lipinski definition) is 7. The van der Waals surface area contributed by atoms with Crippen molar-refractivity contribution in [3.8, 4) is 0 Å². The van der Waals surface area contributed by atoms with Crippen LogP contribution in [-0.2, 0) is 16.1 Å². The number of nitro benzene ring substituents is 2. The summed E-state index contributed by atoms with van der Waals surface area (Å²) in [6, 6.07) is 10.5. The summed E-state index contributed by atoms with van der Waals surface area (Å²) >= 11 is 0. The van der Waals surface area contributed by atoms with Crippen molar-refractivity contribution in [1.82, 2.24) is 10.0 Å². The van der Waals surface area contributed by atoms with E-state index in [1.807, 2.05) is 0 Å². The van der Waals surface area contributed by atoms with Crippen LogP contribution >= 0.6 is 0 Å². The van der Waals surface area contributed by atoms with E-state index in [0.717, 1.165) is 35.3 Å². The van der Waals surface area contributed by atoms with Crippen LogP contribution in [0.25, 0.3) is 0 Å². The molecule has 0 unspecified atom stereocenters. The van der Waals surface area contributed by atoms with Gasteiger partial charge in [-0.3, -0.25) is 34.6 Å². The van der Waals surface area contributed by atoms with Gasteiger partial charge in [0.05, 0.1) is 28.2 Å². The lowest BCUT2D eigenvalue weighted by atomic mass is 9.81. The number of rotatable bonds is 6. The minimum Gasteiger partial charge on any atom is -0.272 e. The van der Waals surface area contributed by atoms with Crippen molar-refractivity contribution in [2.45, 2.75) is 25.8 Å². The Morgan fingerprint density at radius 2 is 1.50 bits per heavy atom. The summed E-state index contributed by atoms with van der Waals surface area (Å²) in [5.41, 5.74) is -0.0170. The zero-order chi connectivity index (χ0) is 24.1. The molecule has 11 heteroatoms. The van der Waals surface area contributed by atoms with Gasteiger partial charge in [-0.05, 0) is 42.7 Å². The molecule has 2 saturated carbocycles. The lowest BCUT2D eigenvalue weighted by Crippen LogP contribution is -2.50. The molecule has 0 aromatic heterocycles. The topological polar surface area (TPSA) is 144 Å². The van der Waals surface area contributed by atoms with E-state index in [2.05, 4.69) is 0 Å². The standard InChI is InChI=1S/C23H20N4O7/c28-21(16-2-1-3-18(11-16)27(33)34)24(12-13-4-8-17(9-5-13)26(31)32)25-22(29)19-14-6-7-15(10-14)20(19)23(25)30/h1-5,8-9,11,14-15,19-20H,6-7,10,12H2/t14-,15-,19+,20+/m0/s1. The van der Waals surface area contributed by atoms with Crippen molar-refractivity contribution in [1.29, 1.82) is 0 Å². The fraction of sp³-hybridized carbons (Fsp3) is 0.348. The summed E-state index contributed by atoms with van der Waals surface area (Å²) in [5, 5.41) is 24.1. The van der Waals surface area contributed by atoms with Gasteiger partial charge in [-0.1, -0.05) is 18.2 Å². The number of carbonyl (C=O) groups excluding carboxylic acids is 3. The van der Waals surface area contributed by atoms with Crippen LogP contribution in [-0.4, -0.2) is 37.6 Å². The van der Waals surface area contributed by atoms with Crippen molar-refractivity contribution in [2.75, 3.05) is 0 Å². The number of fused-ring (bicyclic) bond motifs is 5. The number of carbonyl (C=O) groups is 3. The average Bonchev–Trinajstić information content (AvgIpc) is 3.51. The third kappa shape index (κ3) is 3.40. The molecule has 1 aliphatic heterocycles. The molecule has 3 aliphatic rings. The average molecular weight is 464 g/mol. The number of nitro groups is 2. The molecular formula is C23H20N4O7. The van der Waals surface area contributed by atoms with Crippen LogP contribution in [0.15, 0.2) is 48.5 Å². The maximum Gasteiger partial charge on any atom is 0.273 e. The van der Waals surface area contributed by atoms with Crippen LogP contribution < -0.4 is 0 Å². The predicted octanol–water partition coefficient (Wildman–Crippen LogP) is 3.09. The largest absolute Gasteiger partial charge is 0.273 e. The minimum atomic E-state index is -0.740. The van der Waals surface area contributed by atoms with Crippen LogP contribution in [0.2, 0.25) is 0 Å². The molecule has 2 aliphatic carbocycles. The van der Waals surface area contributed by atoms with Crippen LogP contribution in [0.3, 0.4) is 0 Å². The summed E-state index contributed by atoms with van der Waals surface area (Å²) in [4.78, 5) is 61.3. The van der Waals surface area contributed by atoms with E-state index in [4.69, 9.17) is 0 Å². The monoisotopic (exact) mass is 464 g/mol. The van der Waals surface area contributed by atoms with E-state index in [1.54, 1.807) is 0 Å². The third-order valence-corrected chi connectivity index (χ3v) is 7.16. The molecule has 34 heavy (non-hydrogen) atoms. The molecule has 4 atom stereocenters. The molecule has 174 valence electrons. The SMILES string of the molecule is O=C(c1cccc([N+](=O)[O-])c1)N(Cc1ccc([N+](=O)[O-])cc1)N1C(=O)[C@@H]2[C@H]3CC[C@@H](C3)[C@H]2C1=O. The Morgan fingerprint density at radius 1 is 0.912 bits per heavy atom. The highest BCUT2D eigenvalue weighted by Crippen LogP contribution is 2.56. The summed E-state index contributed by atoms with van der Waals surface area (Å²) in [7, 11) is 0. The Kier molecular flexibility index (Phi) is 5.11. The van der Waals surface area contributed by atoms with E-state index in [0.29, 0.717) is 5.56 Å². The van der Waals surface area contributed by atoms with Crippen LogP contribution in [0, 0.1) is 43.9 Å². The molecule has 3 fully saturated rings. The van der Waals surface area contributed by atoms with Crippen LogP contribution in [0.1, 0.15) is 35.2 Å². The highest BCUT2D eigenvalue weighted by Gasteiger charge is 2.62. The van der Waals surface area contributed by atoms with Gasteiger partial charge in [0.25, 0.3) is 29.1 Å². The first-order valence-corrected chi connectivity index (χ1v) is 10.9. The number of non-ortho nitro benzene ring substituents is 2. The number of amides is 3. The molecule has 11 nitrogen and oxygen atoms in total. The van der Waals surface area contributed by atoms with Crippen molar-refractivity contribution in [3.63, 3.8) is 0 Å². The van der Waals surface area contributed by atoms with Crippen molar-refractivity contribution in [3.05, 3.63) is 79.9 Å². The summed E-state index contributed by atoms with van der Waals surface area (Å²) in [5.74, 6) is -2.27. The van der Waals surface area contributed by atoms with Gasteiger partial charge in [-0.25, -0.2) is 5.01 Å². The van der Waals surface area contributed by atoms with Gasteiger partial charge in [0.2, 0.25) is 0 Å². The fourth-order valence-corrected chi connectivity index (χ4v) is 5.66. The Hall–Kier alpha value is -4.15. The molecule has 1 saturated heterocycles. The Bertz CT molecular complexity index is 1200. The second kappa shape index (κ2) is 8.01. The van der Waals surface area contributed by atoms with Gasteiger partial charge in [0, 0.05) is 29.8 Å². The maximum absolute atomic E-state index is 13.5. The maximum atomic E-state index is 13.5. The molecular weight excluding hydrogens is 444 g/mol. The van der Waals surface area contributed by atoms with Crippen LogP contribution in [0.5, 0.6) is 0 Å². The van der Waals surface area contributed by atoms with Gasteiger partial charge in [0.15, 0.2) is 0 Å². The highest BCUT2D eigenvalue weighted by molar-refractivity contribution is 6.08. The first-order chi connectivity index (χ1) is 16.3. The predicted molar refractivity (Wildman–Crippen MR) is 116 cm³/mol. The molecule has 0 radical (unpaired) electrons. The van der Waals surface area contributed by atoms with Gasteiger partial charge in [0.1, 0.15) is 0 Å². The van der Waals surface area contributed by atoms with Gasteiger partial charge in [-0.15, -0.1) is 0 Å². The fourth-order valence-electron chi connectivity index (χ4n) is 5.66. The van der Waals surface area contributed by atoms with Gasteiger partial charge in [-0.2, -0.15) is 5.01 Å². The second-order valence-electron chi connectivity index (χ2n) is 8.97. The number of hydrazine groups is 1. The van der Waals surface area contributed by atoms with E-state index < -0.39 is 39.4 Å². The molecule has 5 rings (SSSR count). The highest BCUT2D eigenvalue weighted by atomic mass is 16.6. The summed E-state index contributed by atoms with van der Waals surface area (Å²) < 4.78 is 0. The van der Waals surface area contributed by atoms with Gasteiger partial charge >= 0.3 is 0 Å². The first-order valence-electron chi connectivity index (χ1n) is 10.9. The third-order valence-electron chi connectivity index (χ3n) is 7.16.